The molecule has 7 nitrogen and oxygen atoms in total. The molecule has 1 saturated heterocycles. The number of aryl methyl sites for hydroxylation is 1. The molecule has 1 atom stereocenters. The lowest BCUT2D eigenvalue weighted by atomic mass is 10.2. The van der Waals surface area contributed by atoms with E-state index in [9.17, 15) is 0 Å². The highest BCUT2D eigenvalue weighted by atomic mass is 35.5. The summed E-state index contributed by atoms with van der Waals surface area (Å²) in [6.07, 6.45) is 1.94. The van der Waals surface area contributed by atoms with Crippen molar-refractivity contribution in [2.75, 3.05) is 26.7 Å². The van der Waals surface area contributed by atoms with Crippen LogP contribution in [0, 0.1) is 6.92 Å². The maximum Gasteiger partial charge on any atom is 0.261 e. The Hall–Kier alpha value is -2.22. The lowest BCUT2D eigenvalue weighted by molar-refractivity contribution is 0.190. The zero-order valence-corrected chi connectivity index (χ0v) is 15.0. The SMILES string of the molecule is Cc1nn(-c2ccccc2)cc1-c1nc(C2CNCCN2C)no1.Cl. The second-order valence-electron chi connectivity index (χ2n) is 6.07. The van der Waals surface area contributed by atoms with Gasteiger partial charge in [-0.2, -0.15) is 10.1 Å². The number of nitrogens with zero attached hydrogens (tertiary/aromatic N) is 5. The van der Waals surface area contributed by atoms with Crippen molar-refractivity contribution in [2.45, 2.75) is 13.0 Å². The molecule has 2 aromatic heterocycles. The molecule has 132 valence electrons. The predicted octanol–water partition coefficient (Wildman–Crippen LogP) is 2.23. The third kappa shape index (κ3) is 3.44. The van der Waals surface area contributed by atoms with Crippen LogP contribution in [0.4, 0.5) is 0 Å². The normalized spacial score (nSPS) is 18.1. The van der Waals surface area contributed by atoms with Crippen LogP contribution in [0.2, 0.25) is 0 Å². The Morgan fingerprint density at radius 3 is 2.80 bits per heavy atom. The molecule has 25 heavy (non-hydrogen) atoms. The molecule has 1 aromatic carbocycles. The van der Waals surface area contributed by atoms with E-state index in [1.54, 1.807) is 0 Å². The van der Waals surface area contributed by atoms with Gasteiger partial charge < -0.3 is 9.84 Å². The van der Waals surface area contributed by atoms with E-state index in [4.69, 9.17) is 4.52 Å². The Labute approximate surface area is 152 Å². The first-order chi connectivity index (χ1) is 11.7. The minimum Gasteiger partial charge on any atom is -0.334 e. The molecule has 8 heteroatoms. The van der Waals surface area contributed by atoms with Crippen LogP contribution in [0.25, 0.3) is 17.1 Å². The molecule has 0 aliphatic carbocycles. The number of halogens is 1. The van der Waals surface area contributed by atoms with Gasteiger partial charge in [-0.1, -0.05) is 23.4 Å². The summed E-state index contributed by atoms with van der Waals surface area (Å²) in [5, 5.41) is 12.1. The van der Waals surface area contributed by atoms with E-state index >= 15 is 0 Å². The highest BCUT2D eigenvalue weighted by molar-refractivity contribution is 5.85. The number of para-hydroxylation sites is 1. The summed E-state index contributed by atoms with van der Waals surface area (Å²) in [6, 6.07) is 10.1. The summed E-state index contributed by atoms with van der Waals surface area (Å²) in [7, 11) is 2.08. The van der Waals surface area contributed by atoms with E-state index < -0.39 is 0 Å². The molecule has 0 saturated carbocycles. The fourth-order valence-corrected chi connectivity index (χ4v) is 2.96. The van der Waals surface area contributed by atoms with Crippen molar-refractivity contribution < 1.29 is 4.52 Å². The third-order valence-electron chi connectivity index (χ3n) is 4.40. The first-order valence-corrected chi connectivity index (χ1v) is 8.09. The maximum absolute atomic E-state index is 5.51. The summed E-state index contributed by atoms with van der Waals surface area (Å²) in [5.41, 5.74) is 2.73. The van der Waals surface area contributed by atoms with Crippen LogP contribution in [0.1, 0.15) is 17.6 Å². The van der Waals surface area contributed by atoms with Gasteiger partial charge in [-0.25, -0.2) is 4.68 Å². The summed E-state index contributed by atoms with van der Waals surface area (Å²) in [4.78, 5) is 6.85. The molecule has 1 aliphatic rings. The van der Waals surface area contributed by atoms with Crippen molar-refractivity contribution in [1.82, 2.24) is 30.1 Å². The van der Waals surface area contributed by atoms with Crippen LogP contribution in [0.15, 0.2) is 41.1 Å². The number of likely N-dealkylation sites (N-methyl/N-ethyl adjacent to an activating group) is 1. The molecule has 0 radical (unpaired) electrons. The summed E-state index contributed by atoms with van der Waals surface area (Å²) in [6.45, 7) is 4.74. The quantitative estimate of drug-likeness (QED) is 0.772. The van der Waals surface area contributed by atoms with Crippen LogP contribution >= 0.6 is 12.4 Å². The van der Waals surface area contributed by atoms with E-state index in [1.807, 2.05) is 48.1 Å². The van der Waals surface area contributed by atoms with Crippen LogP contribution in [-0.2, 0) is 0 Å². The van der Waals surface area contributed by atoms with E-state index in [-0.39, 0.29) is 18.4 Å². The fraction of sp³-hybridized carbons (Fsp3) is 0.353. The largest absolute Gasteiger partial charge is 0.334 e. The highest BCUT2D eigenvalue weighted by Gasteiger charge is 2.26. The van der Waals surface area contributed by atoms with Gasteiger partial charge in [0, 0.05) is 25.8 Å². The topological polar surface area (TPSA) is 72.0 Å². The van der Waals surface area contributed by atoms with Crippen LogP contribution < -0.4 is 5.32 Å². The Morgan fingerprint density at radius 1 is 1.24 bits per heavy atom. The zero-order valence-electron chi connectivity index (χ0n) is 14.2. The van der Waals surface area contributed by atoms with E-state index in [0.29, 0.717) is 11.7 Å². The monoisotopic (exact) mass is 360 g/mol. The smallest absolute Gasteiger partial charge is 0.261 e. The molecule has 0 bridgehead atoms. The number of piperazine rings is 1. The zero-order chi connectivity index (χ0) is 16.5. The van der Waals surface area contributed by atoms with Gasteiger partial charge in [-0.15, -0.1) is 12.4 Å². The highest BCUT2D eigenvalue weighted by Crippen LogP contribution is 2.25. The van der Waals surface area contributed by atoms with Gasteiger partial charge in [0.25, 0.3) is 5.89 Å². The first kappa shape index (κ1) is 17.6. The van der Waals surface area contributed by atoms with E-state index in [1.165, 1.54) is 0 Å². The average Bonchev–Trinajstić information content (AvgIpc) is 3.23. The Balaban J connectivity index is 0.00000182. The van der Waals surface area contributed by atoms with Crippen molar-refractivity contribution in [3.63, 3.8) is 0 Å². The molecule has 1 aliphatic heterocycles. The van der Waals surface area contributed by atoms with Crippen molar-refractivity contribution >= 4 is 12.4 Å². The number of aromatic nitrogens is 4. The van der Waals surface area contributed by atoms with Gasteiger partial charge in [-0.3, -0.25) is 4.90 Å². The summed E-state index contributed by atoms with van der Waals surface area (Å²) >= 11 is 0. The molecule has 0 spiro atoms. The minimum absolute atomic E-state index is 0. The molecule has 1 fully saturated rings. The van der Waals surface area contributed by atoms with E-state index in [0.717, 1.165) is 36.6 Å². The maximum atomic E-state index is 5.51. The summed E-state index contributed by atoms with van der Waals surface area (Å²) < 4.78 is 7.35. The third-order valence-corrected chi connectivity index (χ3v) is 4.40. The van der Waals surface area contributed by atoms with Gasteiger partial charge in [0.05, 0.1) is 23.0 Å². The lowest BCUT2D eigenvalue weighted by Crippen LogP contribution is -2.44. The van der Waals surface area contributed by atoms with Crippen LogP contribution in [0.3, 0.4) is 0 Å². The second kappa shape index (κ2) is 7.35. The standard InChI is InChI=1S/C17H20N6O.ClH/c1-12-14(11-23(20-12)13-6-4-3-5-7-13)17-19-16(21-24-17)15-10-18-8-9-22(15)2;/h3-7,11,15,18H,8-10H2,1-2H3;1H. The Bertz CT molecular complexity index is 831. The van der Waals surface area contributed by atoms with Crippen molar-refractivity contribution in [1.29, 1.82) is 0 Å². The van der Waals surface area contributed by atoms with Gasteiger partial charge >= 0.3 is 0 Å². The van der Waals surface area contributed by atoms with E-state index in [2.05, 4.69) is 32.5 Å². The molecule has 4 rings (SSSR count). The van der Waals surface area contributed by atoms with Crippen molar-refractivity contribution in [3.05, 3.63) is 48.0 Å². The predicted molar refractivity (Wildman–Crippen MR) is 97.1 cm³/mol. The number of hydrogen-bond donors (Lipinski definition) is 1. The number of benzene rings is 1. The number of nitrogens with one attached hydrogen (secondary N) is 1. The summed E-state index contributed by atoms with van der Waals surface area (Å²) in [5.74, 6) is 1.23. The van der Waals surface area contributed by atoms with Gasteiger partial charge in [0.1, 0.15) is 0 Å². The van der Waals surface area contributed by atoms with Crippen LogP contribution in [0.5, 0.6) is 0 Å². The van der Waals surface area contributed by atoms with Crippen molar-refractivity contribution in [2.24, 2.45) is 0 Å². The molecule has 0 amide bonds. The number of hydrogen-bond acceptors (Lipinski definition) is 6. The molecular weight excluding hydrogens is 340 g/mol. The Morgan fingerprint density at radius 2 is 2.04 bits per heavy atom. The van der Waals surface area contributed by atoms with Crippen LogP contribution in [-0.4, -0.2) is 51.5 Å². The molecule has 1 N–H and O–H groups in total. The van der Waals surface area contributed by atoms with Gasteiger partial charge in [-0.05, 0) is 26.1 Å². The molecule has 3 aromatic rings. The number of rotatable bonds is 3. The van der Waals surface area contributed by atoms with Gasteiger partial charge in [0.2, 0.25) is 0 Å². The van der Waals surface area contributed by atoms with Crippen molar-refractivity contribution in [3.8, 4) is 17.1 Å². The minimum atomic E-state index is 0. The molecule has 1 unspecified atom stereocenters. The van der Waals surface area contributed by atoms with Gasteiger partial charge in [0.15, 0.2) is 5.82 Å². The molecular formula is C17H21ClN6O. The Kier molecular flexibility index (Phi) is 5.17. The average molecular weight is 361 g/mol. The molecule has 3 heterocycles. The second-order valence-corrected chi connectivity index (χ2v) is 6.07. The fourth-order valence-electron chi connectivity index (χ4n) is 2.96. The first-order valence-electron chi connectivity index (χ1n) is 8.09. The lowest BCUT2D eigenvalue weighted by Gasteiger charge is -2.30.